The number of fused-ring (bicyclic) bond motifs is 1. The van der Waals surface area contributed by atoms with E-state index in [-0.39, 0.29) is 5.41 Å². The molecule has 1 atom stereocenters. The topological polar surface area (TPSA) is 16.1 Å². The summed E-state index contributed by atoms with van der Waals surface area (Å²) < 4.78 is 0. The van der Waals surface area contributed by atoms with Crippen molar-refractivity contribution in [3.8, 4) is 0 Å². The average molecular weight is 327 g/mol. The fourth-order valence-electron chi connectivity index (χ4n) is 3.31. The largest absolute Gasteiger partial charge is 0.364 e. The van der Waals surface area contributed by atoms with Crippen molar-refractivity contribution in [1.29, 1.82) is 0 Å². The van der Waals surface area contributed by atoms with E-state index in [1.807, 2.05) is 13.0 Å². The Morgan fingerprint density at radius 1 is 1.35 bits per heavy atom. The minimum absolute atomic E-state index is 0.0981. The van der Waals surface area contributed by atoms with Crippen LogP contribution in [0.2, 0.25) is 5.15 Å². The average Bonchev–Trinajstić information content (AvgIpc) is 2.82. The van der Waals surface area contributed by atoms with E-state index in [0.717, 1.165) is 36.5 Å². The lowest BCUT2D eigenvalue weighted by Crippen LogP contribution is -2.30. The molecule has 0 radical (unpaired) electrons. The summed E-state index contributed by atoms with van der Waals surface area (Å²) in [6, 6.07) is 12.7. The van der Waals surface area contributed by atoms with Crippen LogP contribution in [0.15, 0.2) is 43.0 Å². The van der Waals surface area contributed by atoms with Crippen LogP contribution >= 0.6 is 11.6 Å². The van der Waals surface area contributed by atoms with E-state index in [1.54, 1.807) is 0 Å². The van der Waals surface area contributed by atoms with Crippen molar-refractivity contribution in [3.05, 3.63) is 65.0 Å². The standard InChI is InChI=1S/C20H23ClN2/c1-5-20(4)13-23(12-15-9-7-6-8-10-15)18-16(20)11-17(14(2)3)22-19(18)21/h6-11H,2,5,12-13H2,1,3-4H3. The summed E-state index contributed by atoms with van der Waals surface area (Å²) in [5, 5.41) is 0.591. The molecule has 1 aliphatic heterocycles. The molecular formula is C20H23ClN2. The van der Waals surface area contributed by atoms with Crippen LogP contribution < -0.4 is 4.90 Å². The number of allylic oxidation sites excluding steroid dienone is 1. The predicted octanol–water partition coefficient (Wildman–Crippen LogP) is 5.46. The smallest absolute Gasteiger partial charge is 0.153 e. The lowest BCUT2D eigenvalue weighted by molar-refractivity contribution is 0.479. The lowest BCUT2D eigenvalue weighted by atomic mass is 9.82. The van der Waals surface area contributed by atoms with E-state index in [0.29, 0.717) is 5.15 Å². The van der Waals surface area contributed by atoms with Gasteiger partial charge in [-0.3, -0.25) is 0 Å². The molecule has 3 heteroatoms. The number of benzene rings is 1. The summed E-state index contributed by atoms with van der Waals surface area (Å²) in [7, 11) is 0. The molecule has 0 spiro atoms. The van der Waals surface area contributed by atoms with Crippen LogP contribution in [0.5, 0.6) is 0 Å². The molecule has 1 aromatic heterocycles. The quantitative estimate of drug-likeness (QED) is 0.694. The predicted molar refractivity (Wildman–Crippen MR) is 99.1 cm³/mol. The van der Waals surface area contributed by atoms with Gasteiger partial charge in [-0.05, 0) is 36.1 Å². The second-order valence-electron chi connectivity index (χ2n) is 6.73. The van der Waals surface area contributed by atoms with Gasteiger partial charge in [-0.15, -0.1) is 0 Å². The highest BCUT2D eigenvalue weighted by Crippen LogP contribution is 2.47. The summed E-state index contributed by atoms with van der Waals surface area (Å²) in [6.07, 6.45) is 1.07. The minimum atomic E-state index is 0.0981. The molecule has 1 aromatic carbocycles. The lowest BCUT2D eigenvalue weighted by Gasteiger charge is -2.25. The Kier molecular flexibility index (Phi) is 4.20. The van der Waals surface area contributed by atoms with E-state index in [2.05, 4.69) is 60.6 Å². The van der Waals surface area contributed by atoms with E-state index >= 15 is 0 Å². The van der Waals surface area contributed by atoms with Gasteiger partial charge in [0.15, 0.2) is 5.15 Å². The van der Waals surface area contributed by atoms with Crippen LogP contribution in [-0.4, -0.2) is 11.5 Å². The van der Waals surface area contributed by atoms with Gasteiger partial charge >= 0.3 is 0 Å². The third kappa shape index (κ3) is 2.88. The second-order valence-corrected chi connectivity index (χ2v) is 7.09. The van der Waals surface area contributed by atoms with Gasteiger partial charge in [0.05, 0.1) is 11.4 Å². The first kappa shape index (κ1) is 16.1. The summed E-state index contributed by atoms with van der Waals surface area (Å²) in [6.45, 7) is 12.4. The molecule has 1 unspecified atom stereocenters. The molecule has 0 bridgehead atoms. The maximum atomic E-state index is 6.57. The van der Waals surface area contributed by atoms with E-state index < -0.39 is 0 Å². The van der Waals surface area contributed by atoms with Gasteiger partial charge in [-0.1, -0.05) is 62.4 Å². The third-order valence-corrected chi connectivity index (χ3v) is 5.15. The number of nitrogens with zero attached hydrogens (tertiary/aromatic N) is 2. The summed E-state index contributed by atoms with van der Waals surface area (Å²) in [5.41, 5.74) is 5.63. The fraction of sp³-hybridized carbons (Fsp3) is 0.350. The van der Waals surface area contributed by atoms with Gasteiger partial charge in [0, 0.05) is 18.5 Å². The first-order chi connectivity index (χ1) is 10.9. The molecule has 0 amide bonds. The Labute approximate surface area is 143 Å². The zero-order valence-electron chi connectivity index (χ0n) is 14.1. The summed E-state index contributed by atoms with van der Waals surface area (Å²) in [4.78, 5) is 6.93. The van der Waals surface area contributed by atoms with Crippen molar-refractivity contribution in [3.63, 3.8) is 0 Å². The van der Waals surface area contributed by atoms with Crippen LogP contribution in [-0.2, 0) is 12.0 Å². The van der Waals surface area contributed by atoms with Crippen LogP contribution in [0.3, 0.4) is 0 Å². The maximum Gasteiger partial charge on any atom is 0.153 e. The number of halogens is 1. The molecule has 0 saturated carbocycles. The zero-order chi connectivity index (χ0) is 16.6. The molecule has 3 rings (SSSR count). The highest BCUT2D eigenvalue weighted by atomic mass is 35.5. The van der Waals surface area contributed by atoms with Crippen LogP contribution in [0.25, 0.3) is 5.57 Å². The van der Waals surface area contributed by atoms with Crippen molar-refractivity contribution >= 4 is 22.9 Å². The Balaban J connectivity index is 2.07. The molecular weight excluding hydrogens is 304 g/mol. The maximum absolute atomic E-state index is 6.57. The van der Waals surface area contributed by atoms with Crippen molar-refractivity contribution in [2.75, 3.05) is 11.4 Å². The molecule has 0 saturated heterocycles. The van der Waals surface area contributed by atoms with Crippen LogP contribution in [0.1, 0.15) is 44.0 Å². The highest BCUT2D eigenvalue weighted by molar-refractivity contribution is 6.32. The number of hydrogen-bond donors (Lipinski definition) is 0. The van der Waals surface area contributed by atoms with Gasteiger partial charge in [0.1, 0.15) is 0 Å². The number of anilines is 1. The Bertz CT molecular complexity index is 739. The SMILES string of the molecule is C=C(C)c1cc2c(c(Cl)n1)N(Cc1ccccc1)CC2(C)CC. The highest BCUT2D eigenvalue weighted by Gasteiger charge is 2.39. The Hall–Kier alpha value is -1.80. The number of aromatic nitrogens is 1. The molecule has 2 heterocycles. The molecule has 2 aromatic rings. The van der Waals surface area contributed by atoms with Gasteiger partial charge < -0.3 is 4.90 Å². The normalized spacial score (nSPS) is 19.7. The monoisotopic (exact) mass is 326 g/mol. The first-order valence-electron chi connectivity index (χ1n) is 8.10. The molecule has 23 heavy (non-hydrogen) atoms. The Morgan fingerprint density at radius 3 is 2.65 bits per heavy atom. The molecule has 2 nitrogen and oxygen atoms in total. The second kappa shape index (κ2) is 6.01. The number of pyridine rings is 1. The van der Waals surface area contributed by atoms with Crippen LogP contribution in [0, 0.1) is 0 Å². The van der Waals surface area contributed by atoms with Crippen molar-refractivity contribution in [2.24, 2.45) is 0 Å². The minimum Gasteiger partial charge on any atom is -0.364 e. The Morgan fingerprint density at radius 2 is 2.04 bits per heavy atom. The third-order valence-electron chi connectivity index (χ3n) is 4.89. The zero-order valence-corrected chi connectivity index (χ0v) is 14.8. The van der Waals surface area contributed by atoms with Gasteiger partial charge in [0.25, 0.3) is 0 Å². The van der Waals surface area contributed by atoms with E-state index in [1.165, 1.54) is 11.1 Å². The molecule has 0 aliphatic carbocycles. The van der Waals surface area contributed by atoms with Crippen molar-refractivity contribution < 1.29 is 0 Å². The number of hydrogen-bond acceptors (Lipinski definition) is 2. The molecule has 0 N–H and O–H groups in total. The summed E-state index contributed by atoms with van der Waals surface area (Å²) >= 11 is 6.57. The van der Waals surface area contributed by atoms with E-state index in [9.17, 15) is 0 Å². The van der Waals surface area contributed by atoms with Crippen molar-refractivity contribution in [2.45, 2.75) is 39.2 Å². The van der Waals surface area contributed by atoms with Gasteiger partial charge in [0.2, 0.25) is 0 Å². The van der Waals surface area contributed by atoms with E-state index in [4.69, 9.17) is 11.6 Å². The summed E-state index contributed by atoms with van der Waals surface area (Å²) in [5.74, 6) is 0. The molecule has 120 valence electrons. The van der Waals surface area contributed by atoms with Crippen molar-refractivity contribution in [1.82, 2.24) is 4.98 Å². The van der Waals surface area contributed by atoms with Gasteiger partial charge in [-0.25, -0.2) is 4.98 Å². The fourth-order valence-corrected chi connectivity index (χ4v) is 3.63. The molecule has 0 fully saturated rings. The molecule has 1 aliphatic rings. The van der Waals surface area contributed by atoms with Crippen LogP contribution in [0.4, 0.5) is 5.69 Å². The first-order valence-corrected chi connectivity index (χ1v) is 8.48. The van der Waals surface area contributed by atoms with Gasteiger partial charge in [-0.2, -0.15) is 0 Å². The number of rotatable bonds is 4.